The summed E-state index contributed by atoms with van der Waals surface area (Å²) in [5.74, 6) is 0. The molecule has 1 nitrogen and oxygen atoms in total. The van der Waals surface area contributed by atoms with Gasteiger partial charge in [-0.25, -0.2) is 0 Å². The third-order valence-electron chi connectivity index (χ3n) is 4.51. The van der Waals surface area contributed by atoms with Crippen LogP contribution >= 0.6 is 0 Å². The van der Waals surface area contributed by atoms with Crippen LogP contribution in [0.1, 0.15) is 0 Å². The van der Waals surface area contributed by atoms with Crippen LogP contribution in [0.25, 0.3) is 0 Å². The molecule has 4 rings (SSSR count). The first-order valence-corrected chi connectivity index (χ1v) is 12.2. The van der Waals surface area contributed by atoms with Crippen molar-refractivity contribution in [1.29, 1.82) is 0 Å². The average molecular weight is 577 g/mol. The molecule has 0 aliphatic carbocycles. The van der Waals surface area contributed by atoms with Gasteiger partial charge in [-0.2, -0.15) is 0 Å². The number of hydrogen-bond donors (Lipinski definition) is 0. The predicted molar refractivity (Wildman–Crippen MR) is 118 cm³/mol. The summed E-state index contributed by atoms with van der Waals surface area (Å²) in [6, 6.07) is 42.8. The van der Waals surface area contributed by atoms with Gasteiger partial charge in [-0.1, -0.05) is 121 Å². The fraction of sp³-hybridized carbons (Fsp3) is 0. The van der Waals surface area contributed by atoms with Crippen molar-refractivity contribution in [3.05, 3.63) is 121 Å². The molecular formula is C24H21OPtSi2. The molecule has 0 fully saturated rings. The van der Waals surface area contributed by atoms with E-state index in [4.69, 9.17) is 4.12 Å². The Morgan fingerprint density at radius 2 is 0.786 bits per heavy atom. The molecule has 0 unspecified atom stereocenters. The quantitative estimate of drug-likeness (QED) is 0.321. The van der Waals surface area contributed by atoms with Crippen molar-refractivity contribution in [1.82, 2.24) is 0 Å². The van der Waals surface area contributed by atoms with Crippen LogP contribution in [0, 0.1) is 0 Å². The van der Waals surface area contributed by atoms with Crippen molar-refractivity contribution in [3.63, 3.8) is 0 Å². The van der Waals surface area contributed by atoms with Crippen molar-refractivity contribution < 1.29 is 25.2 Å². The largest absolute Gasteiger partial charge is 0.444 e. The third-order valence-corrected chi connectivity index (χ3v) is 10.1. The molecule has 0 aliphatic heterocycles. The van der Waals surface area contributed by atoms with Crippen LogP contribution in [0.3, 0.4) is 0 Å². The minimum atomic E-state index is -1.80. The zero-order valence-electron chi connectivity index (χ0n) is 15.3. The Morgan fingerprint density at radius 1 is 0.464 bits per heavy atom. The van der Waals surface area contributed by atoms with E-state index in [1.54, 1.807) is 0 Å². The molecule has 0 amide bonds. The molecule has 0 heterocycles. The Hall–Kier alpha value is -2.04. The Kier molecular flexibility index (Phi) is 7.75. The molecule has 0 bridgehead atoms. The molecular weight excluding hydrogens is 556 g/mol. The van der Waals surface area contributed by atoms with E-state index in [-0.39, 0.29) is 21.1 Å². The molecule has 141 valence electrons. The molecule has 0 saturated carbocycles. The minimum absolute atomic E-state index is 0. The molecule has 28 heavy (non-hydrogen) atoms. The Balaban J connectivity index is 0.00000225. The first-order valence-electron chi connectivity index (χ1n) is 9.16. The first kappa shape index (κ1) is 20.7. The van der Waals surface area contributed by atoms with Crippen molar-refractivity contribution in [2.75, 3.05) is 0 Å². The maximum atomic E-state index is 7.04. The van der Waals surface area contributed by atoms with Gasteiger partial charge in [-0.3, -0.25) is 0 Å². The van der Waals surface area contributed by atoms with Gasteiger partial charge in [0.15, 0.2) is 0 Å². The number of hydrogen-bond acceptors (Lipinski definition) is 1. The molecule has 0 N–H and O–H groups in total. The van der Waals surface area contributed by atoms with Crippen molar-refractivity contribution in [2.45, 2.75) is 0 Å². The summed E-state index contributed by atoms with van der Waals surface area (Å²) >= 11 is 0. The van der Waals surface area contributed by atoms with Crippen molar-refractivity contribution in [3.8, 4) is 0 Å². The number of rotatable bonds is 6. The van der Waals surface area contributed by atoms with Gasteiger partial charge in [0, 0.05) is 21.1 Å². The van der Waals surface area contributed by atoms with Gasteiger partial charge in [0.2, 0.25) is 9.04 Å². The Morgan fingerprint density at radius 3 is 1.14 bits per heavy atom. The molecule has 0 atom stereocenters. The first-order chi connectivity index (χ1) is 13.4. The Labute approximate surface area is 184 Å². The van der Waals surface area contributed by atoms with Gasteiger partial charge in [0.1, 0.15) is 0 Å². The van der Waals surface area contributed by atoms with E-state index in [2.05, 4.69) is 121 Å². The van der Waals surface area contributed by atoms with Crippen LogP contribution in [0.15, 0.2) is 121 Å². The van der Waals surface area contributed by atoms with E-state index in [0.717, 1.165) is 0 Å². The van der Waals surface area contributed by atoms with Crippen molar-refractivity contribution >= 4 is 38.8 Å². The van der Waals surface area contributed by atoms with Crippen LogP contribution in [-0.4, -0.2) is 18.1 Å². The van der Waals surface area contributed by atoms with Gasteiger partial charge >= 0.3 is 0 Å². The van der Waals surface area contributed by atoms with Crippen molar-refractivity contribution in [2.24, 2.45) is 0 Å². The van der Waals surface area contributed by atoms with Gasteiger partial charge < -0.3 is 4.12 Å². The van der Waals surface area contributed by atoms with Crippen LogP contribution in [-0.2, 0) is 25.2 Å². The molecule has 4 heteroatoms. The maximum absolute atomic E-state index is 7.04. The standard InChI is InChI=1S/C24H21OSi2.Pt/c1-5-13-21(14-6-1)26(22-15-7-2-8-16-22)25-27(23-17-9-3-10-18-23)24-19-11-4-12-20-24;/h1-20,26H;. The van der Waals surface area contributed by atoms with Gasteiger partial charge in [-0.05, 0) is 20.7 Å². The molecule has 0 spiro atoms. The minimum Gasteiger partial charge on any atom is -0.444 e. The summed E-state index contributed by atoms with van der Waals surface area (Å²) in [6.45, 7) is 0. The van der Waals surface area contributed by atoms with E-state index in [1.807, 2.05) is 0 Å². The summed E-state index contributed by atoms with van der Waals surface area (Å²) in [6.07, 6.45) is 0. The summed E-state index contributed by atoms with van der Waals surface area (Å²) in [4.78, 5) is 0. The third kappa shape index (κ3) is 5.06. The fourth-order valence-electron chi connectivity index (χ4n) is 3.18. The van der Waals surface area contributed by atoms with Gasteiger partial charge in [0.05, 0.1) is 0 Å². The summed E-state index contributed by atoms with van der Waals surface area (Å²) in [5, 5.41) is 5.22. The molecule has 0 aliphatic rings. The monoisotopic (exact) mass is 576 g/mol. The summed E-state index contributed by atoms with van der Waals surface area (Å²) < 4.78 is 7.04. The second-order valence-electron chi connectivity index (χ2n) is 6.38. The fourth-order valence-corrected chi connectivity index (χ4v) is 9.16. The van der Waals surface area contributed by atoms with E-state index < -0.39 is 18.1 Å². The van der Waals surface area contributed by atoms with E-state index in [9.17, 15) is 0 Å². The zero-order chi connectivity index (χ0) is 18.3. The van der Waals surface area contributed by atoms with E-state index in [0.29, 0.717) is 0 Å². The molecule has 4 aromatic rings. The predicted octanol–water partition coefficient (Wildman–Crippen LogP) is 2.34. The summed E-state index contributed by atoms with van der Waals surface area (Å²) in [5.41, 5.74) is 0. The van der Waals surface area contributed by atoms with Crippen LogP contribution in [0.5, 0.6) is 0 Å². The van der Waals surface area contributed by atoms with Crippen LogP contribution in [0.2, 0.25) is 0 Å². The van der Waals surface area contributed by atoms with E-state index in [1.165, 1.54) is 20.7 Å². The SMILES string of the molecule is [Pt].c1ccc([Si](O[SiH](c2ccccc2)c2ccccc2)c2ccccc2)cc1. The second-order valence-corrected chi connectivity index (χ2v) is 11.2. The van der Waals surface area contributed by atoms with Gasteiger partial charge in [-0.15, -0.1) is 0 Å². The number of benzene rings is 4. The van der Waals surface area contributed by atoms with Crippen LogP contribution < -0.4 is 20.7 Å². The van der Waals surface area contributed by atoms with Crippen LogP contribution in [0.4, 0.5) is 0 Å². The zero-order valence-corrected chi connectivity index (χ0v) is 19.8. The normalized spacial score (nSPS) is 10.6. The molecule has 1 radical (unpaired) electrons. The molecule has 4 aromatic carbocycles. The maximum Gasteiger partial charge on any atom is 0.272 e. The van der Waals surface area contributed by atoms with E-state index >= 15 is 0 Å². The van der Waals surface area contributed by atoms with Gasteiger partial charge in [0.25, 0.3) is 9.04 Å². The average Bonchev–Trinajstić information content (AvgIpc) is 2.77. The smallest absolute Gasteiger partial charge is 0.272 e. The molecule has 0 aromatic heterocycles. The summed E-state index contributed by atoms with van der Waals surface area (Å²) in [7, 11) is -3.13. The second kappa shape index (κ2) is 10.5. The molecule has 0 saturated heterocycles. The topological polar surface area (TPSA) is 9.23 Å². The Bertz CT molecular complexity index is 791.